The lowest BCUT2D eigenvalue weighted by molar-refractivity contribution is 0.217. The van der Waals surface area contributed by atoms with Crippen LogP contribution in [0, 0.1) is 0 Å². The number of likely N-dealkylation sites (N-methyl/N-ethyl adjacent to an activating group) is 1. The first-order valence-corrected chi connectivity index (χ1v) is 7.68. The standard InChI is InChI=1S/C15H26ClN3O/c1-5-19(6-2)9-10-20-15-8-7-13(16)14(18-15)11-17-12(3)4/h7-8,12,17H,5-6,9-11H2,1-4H3. The Labute approximate surface area is 127 Å². The maximum atomic E-state index is 6.14. The van der Waals surface area contributed by atoms with Gasteiger partial charge in [-0.15, -0.1) is 0 Å². The van der Waals surface area contributed by atoms with Gasteiger partial charge in [0.25, 0.3) is 0 Å². The van der Waals surface area contributed by atoms with Crippen molar-refractivity contribution in [1.29, 1.82) is 0 Å². The second kappa shape index (κ2) is 9.16. The summed E-state index contributed by atoms with van der Waals surface area (Å²) in [6, 6.07) is 4.07. The number of hydrogen-bond donors (Lipinski definition) is 1. The first kappa shape index (κ1) is 17.2. The van der Waals surface area contributed by atoms with Crippen molar-refractivity contribution in [3.8, 4) is 5.88 Å². The van der Waals surface area contributed by atoms with Gasteiger partial charge >= 0.3 is 0 Å². The van der Waals surface area contributed by atoms with Gasteiger partial charge in [0.05, 0.1) is 10.7 Å². The fraction of sp³-hybridized carbons (Fsp3) is 0.667. The average Bonchev–Trinajstić information content (AvgIpc) is 2.43. The van der Waals surface area contributed by atoms with Gasteiger partial charge in [-0.2, -0.15) is 0 Å². The number of rotatable bonds is 9. The molecule has 0 spiro atoms. The highest BCUT2D eigenvalue weighted by molar-refractivity contribution is 6.31. The van der Waals surface area contributed by atoms with E-state index in [0.717, 1.165) is 25.3 Å². The van der Waals surface area contributed by atoms with E-state index in [1.807, 2.05) is 12.1 Å². The van der Waals surface area contributed by atoms with Gasteiger partial charge in [0.1, 0.15) is 6.61 Å². The number of nitrogens with zero attached hydrogens (tertiary/aromatic N) is 2. The molecule has 0 radical (unpaired) electrons. The number of ether oxygens (including phenoxy) is 1. The Balaban J connectivity index is 2.52. The lowest BCUT2D eigenvalue weighted by Crippen LogP contribution is -2.28. The van der Waals surface area contributed by atoms with E-state index in [-0.39, 0.29) is 0 Å². The van der Waals surface area contributed by atoms with E-state index in [1.54, 1.807) is 0 Å². The number of aromatic nitrogens is 1. The van der Waals surface area contributed by atoms with Crippen LogP contribution in [0.3, 0.4) is 0 Å². The first-order chi connectivity index (χ1) is 9.56. The van der Waals surface area contributed by atoms with Gasteiger partial charge in [0.15, 0.2) is 0 Å². The molecule has 1 aromatic rings. The maximum Gasteiger partial charge on any atom is 0.213 e. The molecule has 1 rings (SSSR count). The average molecular weight is 300 g/mol. The summed E-state index contributed by atoms with van der Waals surface area (Å²) in [5, 5.41) is 3.99. The molecule has 0 bridgehead atoms. The minimum Gasteiger partial charge on any atom is -0.476 e. The highest BCUT2D eigenvalue weighted by Crippen LogP contribution is 2.18. The SMILES string of the molecule is CCN(CC)CCOc1ccc(Cl)c(CNC(C)C)n1. The molecule has 0 saturated heterocycles. The Hall–Kier alpha value is -0.840. The van der Waals surface area contributed by atoms with Crippen molar-refractivity contribution >= 4 is 11.6 Å². The van der Waals surface area contributed by atoms with E-state index < -0.39 is 0 Å². The van der Waals surface area contributed by atoms with E-state index in [0.29, 0.717) is 30.1 Å². The molecule has 0 aromatic carbocycles. The van der Waals surface area contributed by atoms with Gasteiger partial charge in [-0.25, -0.2) is 4.98 Å². The lowest BCUT2D eigenvalue weighted by atomic mass is 10.3. The molecular weight excluding hydrogens is 274 g/mol. The van der Waals surface area contributed by atoms with E-state index in [1.165, 1.54) is 0 Å². The van der Waals surface area contributed by atoms with E-state index in [2.05, 4.69) is 42.9 Å². The molecule has 0 aliphatic rings. The Morgan fingerprint density at radius 2 is 2.00 bits per heavy atom. The van der Waals surface area contributed by atoms with Crippen molar-refractivity contribution in [2.24, 2.45) is 0 Å². The molecule has 1 N–H and O–H groups in total. The van der Waals surface area contributed by atoms with Crippen LogP contribution in [0.2, 0.25) is 5.02 Å². The van der Waals surface area contributed by atoms with E-state index in [4.69, 9.17) is 16.3 Å². The van der Waals surface area contributed by atoms with Crippen LogP contribution in [0.25, 0.3) is 0 Å². The summed E-state index contributed by atoms with van der Waals surface area (Å²) in [7, 11) is 0. The fourth-order valence-corrected chi connectivity index (χ4v) is 1.96. The van der Waals surface area contributed by atoms with Crippen LogP contribution in [0.5, 0.6) is 5.88 Å². The monoisotopic (exact) mass is 299 g/mol. The molecule has 0 aliphatic carbocycles. The summed E-state index contributed by atoms with van der Waals surface area (Å²) in [6.45, 7) is 12.8. The number of halogens is 1. The summed E-state index contributed by atoms with van der Waals surface area (Å²) in [4.78, 5) is 6.77. The van der Waals surface area contributed by atoms with Gasteiger partial charge < -0.3 is 15.0 Å². The Kier molecular flexibility index (Phi) is 7.88. The van der Waals surface area contributed by atoms with Crippen LogP contribution in [-0.4, -0.2) is 42.2 Å². The largest absolute Gasteiger partial charge is 0.476 e. The topological polar surface area (TPSA) is 37.4 Å². The minimum absolute atomic E-state index is 0.403. The molecule has 0 aliphatic heterocycles. The van der Waals surface area contributed by atoms with Gasteiger partial charge in [-0.1, -0.05) is 39.3 Å². The number of hydrogen-bond acceptors (Lipinski definition) is 4. The highest BCUT2D eigenvalue weighted by atomic mass is 35.5. The summed E-state index contributed by atoms with van der Waals surface area (Å²) >= 11 is 6.14. The second-order valence-electron chi connectivity index (χ2n) is 4.99. The molecule has 0 fully saturated rings. The molecule has 4 nitrogen and oxygen atoms in total. The van der Waals surface area contributed by atoms with Gasteiger partial charge in [0, 0.05) is 25.2 Å². The van der Waals surface area contributed by atoms with Gasteiger partial charge in [-0.05, 0) is 19.2 Å². The number of nitrogens with one attached hydrogen (secondary N) is 1. The second-order valence-corrected chi connectivity index (χ2v) is 5.40. The quantitative estimate of drug-likeness (QED) is 0.761. The van der Waals surface area contributed by atoms with Crippen LogP contribution < -0.4 is 10.1 Å². The third-order valence-electron chi connectivity index (χ3n) is 3.12. The molecule has 0 amide bonds. The molecule has 20 heavy (non-hydrogen) atoms. The van der Waals surface area contributed by atoms with Gasteiger partial charge in [-0.3, -0.25) is 0 Å². The van der Waals surface area contributed by atoms with Crippen molar-refractivity contribution in [3.63, 3.8) is 0 Å². The zero-order chi connectivity index (χ0) is 15.0. The molecule has 0 saturated carbocycles. The summed E-state index contributed by atoms with van der Waals surface area (Å²) in [5.74, 6) is 0.641. The molecule has 1 aromatic heterocycles. The minimum atomic E-state index is 0.403. The van der Waals surface area contributed by atoms with Crippen molar-refractivity contribution in [3.05, 3.63) is 22.8 Å². The summed E-state index contributed by atoms with van der Waals surface area (Å²) < 4.78 is 5.70. The molecule has 0 atom stereocenters. The van der Waals surface area contributed by atoms with Crippen LogP contribution >= 0.6 is 11.6 Å². The third kappa shape index (κ3) is 6.07. The fourth-order valence-electron chi connectivity index (χ4n) is 1.79. The van der Waals surface area contributed by atoms with E-state index in [9.17, 15) is 0 Å². The van der Waals surface area contributed by atoms with Crippen molar-refractivity contribution < 1.29 is 4.74 Å². The third-order valence-corrected chi connectivity index (χ3v) is 3.47. The normalized spacial score (nSPS) is 11.3. The smallest absolute Gasteiger partial charge is 0.213 e. The lowest BCUT2D eigenvalue weighted by Gasteiger charge is -2.18. The zero-order valence-electron chi connectivity index (χ0n) is 12.9. The molecule has 0 unspecified atom stereocenters. The Morgan fingerprint density at radius 3 is 2.60 bits per heavy atom. The number of pyridine rings is 1. The summed E-state index contributed by atoms with van der Waals surface area (Å²) in [5.41, 5.74) is 0.834. The van der Waals surface area contributed by atoms with Crippen molar-refractivity contribution in [2.75, 3.05) is 26.2 Å². The summed E-state index contributed by atoms with van der Waals surface area (Å²) in [6.07, 6.45) is 0. The zero-order valence-corrected chi connectivity index (χ0v) is 13.7. The van der Waals surface area contributed by atoms with Gasteiger partial charge in [0.2, 0.25) is 5.88 Å². The van der Waals surface area contributed by atoms with Crippen LogP contribution in [0.4, 0.5) is 0 Å². The van der Waals surface area contributed by atoms with Crippen LogP contribution in [-0.2, 0) is 6.54 Å². The van der Waals surface area contributed by atoms with Crippen molar-refractivity contribution in [1.82, 2.24) is 15.2 Å². The molecule has 114 valence electrons. The maximum absolute atomic E-state index is 6.14. The molecule has 5 heteroatoms. The highest BCUT2D eigenvalue weighted by Gasteiger charge is 2.06. The molecule has 1 heterocycles. The van der Waals surface area contributed by atoms with Crippen molar-refractivity contribution in [2.45, 2.75) is 40.3 Å². The predicted molar refractivity (Wildman–Crippen MR) is 84.5 cm³/mol. The van der Waals surface area contributed by atoms with E-state index >= 15 is 0 Å². The Bertz CT molecular complexity index is 395. The van der Waals surface area contributed by atoms with Crippen LogP contribution in [0.15, 0.2) is 12.1 Å². The van der Waals surface area contributed by atoms with Crippen LogP contribution in [0.1, 0.15) is 33.4 Å². The first-order valence-electron chi connectivity index (χ1n) is 7.30. The Morgan fingerprint density at radius 1 is 1.30 bits per heavy atom. The predicted octanol–water partition coefficient (Wildman–Crippen LogP) is 2.95. The molecular formula is C15H26ClN3O.